The first-order chi connectivity index (χ1) is 28.3. The first-order valence-corrected chi connectivity index (χ1v) is 34.1. The molecule has 6 atom stereocenters. The molecule has 2 rings (SSSR count). The molecular weight excluding hydrogens is 1130 g/mol. The SMILES string of the molecule is O=P([O-])(O)CN(CCc1ccc(O[P+](=S)CCCOP(=S)(OCCCOP=S)OCCC[P+](=S)Oc2ccc(CCN(CP(=O)([O-])O)CP(=O)([O-])O)cc2)cc1)CP(=O)([O-])O.[Na+].[Na+].[Na+].[Na+]. The Kier molecular flexibility index (Phi) is 43.4. The molecule has 6 unspecified atom stereocenters. The van der Waals surface area contributed by atoms with Gasteiger partial charge < -0.3 is 75.5 Å². The smallest absolute Gasteiger partial charge is 0.778 e. The van der Waals surface area contributed by atoms with Gasteiger partial charge in [0.1, 0.15) is 38.0 Å². The molecule has 2 aromatic carbocycles. The van der Waals surface area contributed by atoms with E-state index in [4.69, 9.17) is 93.9 Å². The zero-order chi connectivity index (χ0) is 45.7. The molecule has 0 bridgehead atoms. The second kappa shape index (κ2) is 38.2. The van der Waals surface area contributed by atoms with Gasteiger partial charge in [-0.1, -0.05) is 24.3 Å². The van der Waals surface area contributed by atoms with Crippen molar-refractivity contribution in [2.45, 2.75) is 32.1 Å². The van der Waals surface area contributed by atoms with Crippen LogP contribution < -0.4 is 147 Å². The van der Waals surface area contributed by atoms with Gasteiger partial charge in [0, 0.05) is 25.9 Å². The number of nitrogens with zero attached hydrogens (tertiary/aromatic N) is 2. The summed E-state index contributed by atoms with van der Waals surface area (Å²) in [6, 6.07) is 13.4. The van der Waals surface area contributed by atoms with Crippen LogP contribution in [0.3, 0.4) is 0 Å². The van der Waals surface area contributed by atoms with Gasteiger partial charge in [0.2, 0.25) is 23.6 Å². The molecule has 65 heavy (non-hydrogen) atoms. The van der Waals surface area contributed by atoms with Gasteiger partial charge in [-0.15, -0.1) is 0 Å². The quantitative estimate of drug-likeness (QED) is 0.0287. The Bertz CT molecular complexity index is 1780. The Labute approximate surface area is 491 Å². The minimum absolute atomic E-state index is 0. The van der Waals surface area contributed by atoms with E-state index in [1.54, 1.807) is 48.5 Å². The molecule has 0 fully saturated rings. The van der Waals surface area contributed by atoms with Gasteiger partial charge >= 0.3 is 139 Å². The fraction of sp³-hybridized carbons (Fsp3) is 0.586. The van der Waals surface area contributed by atoms with Crippen LogP contribution in [0, 0.1) is 0 Å². The Balaban J connectivity index is -0.00000961. The van der Waals surface area contributed by atoms with Crippen LogP contribution in [0.25, 0.3) is 0 Å². The van der Waals surface area contributed by atoms with E-state index in [0.717, 1.165) is 9.80 Å². The van der Waals surface area contributed by atoms with E-state index in [0.29, 0.717) is 68.4 Å². The van der Waals surface area contributed by atoms with Gasteiger partial charge in [-0.3, -0.25) is 18.8 Å². The van der Waals surface area contributed by atoms with Crippen LogP contribution in [0.15, 0.2) is 48.5 Å². The second-order valence-electron chi connectivity index (χ2n) is 12.9. The van der Waals surface area contributed by atoms with Crippen molar-refractivity contribution in [2.75, 3.05) is 77.0 Å². The van der Waals surface area contributed by atoms with Crippen LogP contribution in [0.1, 0.15) is 30.4 Å². The summed E-state index contributed by atoms with van der Waals surface area (Å²) in [7, 11) is -18.9. The molecule has 0 aromatic heterocycles. The van der Waals surface area contributed by atoms with Gasteiger partial charge in [0.15, 0.2) is 23.8 Å². The predicted molar refractivity (Wildman–Crippen MR) is 238 cm³/mol. The monoisotopic (exact) mass is 1180 g/mol. The molecule has 36 heteroatoms. The zero-order valence-corrected chi connectivity index (χ0v) is 54.7. The summed E-state index contributed by atoms with van der Waals surface area (Å²) in [6.45, 7) is -5.09. The normalized spacial score (nSPS) is 16.4. The third-order valence-electron chi connectivity index (χ3n) is 7.36. The molecule has 0 amide bonds. The molecule has 2 aromatic rings. The third-order valence-corrected chi connectivity index (χ3v) is 17.2. The van der Waals surface area contributed by atoms with Gasteiger partial charge in [-0.2, -0.15) is 0 Å². The maximum atomic E-state index is 11.3. The Morgan fingerprint density at radius 3 is 1.15 bits per heavy atom. The molecule has 0 aliphatic heterocycles. The first kappa shape index (κ1) is 73.9. The van der Waals surface area contributed by atoms with Crippen LogP contribution in [0.5, 0.6) is 11.5 Å². The molecular formula is C29H46N2Na4O18P8S4+2. The summed E-state index contributed by atoms with van der Waals surface area (Å²) in [5.41, 5.74) is 1.43. The molecule has 0 saturated heterocycles. The average molecular weight is 1180 g/mol. The molecule has 0 spiro atoms. The van der Waals surface area contributed by atoms with Crippen molar-refractivity contribution in [1.82, 2.24) is 9.80 Å². The van der Waals surface area contributed by atoms with Crippen LogP contribution in [-0.4, -0.2) is 106 Å². The van der Waals surface area contributed by atoms with E-state index < -0.39 is 76.1 Å². The molecule has 0 aliphatic carbocycles. The molecule has 0 aliphatic rings. The van der Waals surface area contributed by atoms with Crippen LogP contribution >= 0.6 is 58.5 Å². The number of rotatable bonds is 34. The van der Waals surface area contributed by atoms with E-state index in [-0.39, 0.29) is 164 Å². The van der Waals surface area contributed by atoms with Crippen molar-refractivity contribution in [1.29, 1.82) is 0 Å². The fourth-order valence-corrected chi connectivity index (χ4v) is 13.6. The maximum absolute atomic E-state index is 11.3. The molecule has 0 heterocycles. The minimum atomic E-state index is -4.81. The standard InChI is InChI=1S/C29H48N2O18P8S4.4Na/c32-53(33,34)22-30(23-54(35,36)37)14-12-26-4-8-28(9-5-26)48-51(59)20-2-18-46-57(61,45-17-1-16-44-50-58)47-19-3-21-52(60)49-29-10-6-27(7-11-29)13-15-31(24-55(38,39)40)25-56(41,42)43;;;;/h4-11H,1-3,12-25H2,(H6-2,32,33,34,35,36,37,38,39,40,41,42,43);;;;/q;4*+1/p-2. The average Bonchev–Trinajstić information content (AvgIpc) is 3.12. The summed E-state index contributed by atoms with van der Waals surface area (Å²) < 4.78 is 79.7. The van der Waals surface area contributed by atoms with Crippen molar-refractivity contribution in [2.24, 2.45) is 0 Å². The number of hydrogen-bond donors (Lipinski definition) is 4. The van der Waals surface area contributed by atoms with E-state index in [2.05, 4.69) is 0 Å². The van der Waals surface area contributed by atoms with Crippen molar-refractivity contribution in [3.05, 3.63) is 59.7 Å². The largest absolute Gasteiger partial charge is 1.00 e. The van der Waals surface area contributed by atoms with Crippen molar-refractivity contribution in [3.63, 3.8) is 0 Å². The molecule has 346 valence electrons. The predicted octanol–water partition coefficient (Wildman–Crippen LogP) is -8.64. The summed E-state index contributed by atoms with van der Waals surface area (Å²) in [4.78, 5) is 83.5. The first-order valence-electron chi connectivity index (χ1n) is 17.8. The van der Waals surface area contributed by atoms with Gasteiger partial charge in [0.05, 0.1) is 51.6 Å². The molecule has 0 radical (unpaired) electrons. The summed E-state index contributed by atoms with van der Waals surface area (Å²) in [5, 5.41) is 0. The topological polar surface area (TPSA) is 303 Å². The van der Waals surface area contributed by atoms with Gasteiger partial charge in [0.25, 0.3) is 0 Å². The molecule has 4 N–H and O–H groups in total. The van der Waals surface area contributed by atoms with Crippen LogP contribution in [0.2, 0.25) is 0 Å². The number of hydrogen-bond acceptors (Lipinski definition) is 20. The van der Waals surface area contributed by atoms with Crippen molar-refractivity contribution in [3.8, 4) is 11.5 Å². The van der Waals surface area contributed by atoms with E-state index in [9.17, 15) is 37.8 Å². The van der Waals surface area contributed by atoms with Gasteiger partial charge in [-0.25, -0.2) is 0 Å². The Hall–Kier alpha value is 4.61. The van der Waals surface area contributed by atoms with Crippen molar-refractivity contribution >= 4 is 106 Å². The fourth-order valence-electron chi connectivity index (χ4n) is 4.91. The minimum Gasteiger partial charge on any atom is -0.778 e. The van der Waals surface area contributed by atoms with E-state index in [1.807, 2.05) is 0 Å². The summed E-state index contributed by atoms with van der Waals surface area (Å²) in [5.74, 6) is 0.974. The third kappa shape index (κ3) is 40.6. The van der Waals surface area contributed by atoms with Crippen LogP contribution in [-0.2, 0) is 96.4 Å². The van der Waals surface area contributed by atoms with E-state index in [1.165, 1.54) is 0 Å². The second-order valence-corrected chi connectivity index (χ2v) is 28.0. The zero-order valence-electron chi connectivity index (χ0n) is 36.2. The van der Waals surface area contributed by atoms with E-state index >= 15 is 0 Å². The molecule has 0 saturated carbocycles. The molecule has 20 nitrogen and oxygen atoms in total. The Morgan fingerprint density at radius 1 is 0.554 bits per heavy atom. The maximum Gasteiger partial charge on any atom is 1.00 e. The number of benzene rings is 2. The Morgan fingerprint density at radius 2 is 0.862 bits per heavy atom. The summed E-state index contributed by atoms with van der Waals surface area (Å²) in [6.07, 6.45) is -0.887. The van der Waals surface area contributed by atoms with Gasteiger partial charge in [-0.05, 0) is 78.3 Å². The van der Waals surface area contributed by atoms with Crippen LogP contribution in [0.4, 0.5) is 0 Å². The summed E-state index contributed by atoms with van der Waals surface area (Å²) >= 11 is 21.5. The van der Waals surface area contributed by atoms with Crippen molar-refractivity contribution < 1.29 is 203 Å².